The Morgan fingerprint density at radius 3 is 2.69 bits per heavy atom. The average molecular weight is 358 g/mol. The van der Waals surface area contributed by atoms with E-state index in [-0.39, 0.29) is 28.3 Å². The summed E-state index contributed by atoms with van der Waals surface area (Å²) in [5.74, 6) is 1.26. The maximum atomic E-state index is 12.0. The van der Waals surface area contributed by atoms with Crippen LogP contribution in [0.25, 0.3) is 0 Å². The van der Waals surface area contributed by atoms with Gasteiger partial charge in [0.15, 0.2) is 11.4 Å². The zero-order chi connectivity index (χ0) is 17.9. The molecule has 5 nitrogen and oxygen atoms in total. The second-order valence-corrected chi connectivity index (χ2v) is 9.91. The second-order valence-electron chi connectivity index (χ2n) is 9.91. The fourth-order valence-electron chi connectivity index (χ4n) is 7.89. The number of hydrogen-bond donors (Lipinski definition) is 0. The van der Waals surface area contributed by atoms with Gasteiger partial charge in [0.1, 0.15) is 12.2 Å². The molecule has 0 bridgehead atoms. The second kappa shape index (κ2) is 4.37. The zero-order valence-electron chi connectivity index (χ0n) is 15.5. The third-order valence-corrected chi connectivity index (χ3v) is 9.33. The van der Waals surface area contributed by atoms with Gasteiger partial charge in [0.2, 0.25) is 0 Å². The van der Waals surface area contributed by atoms with E-state index in [0.29, 0.717) is 24.9 Å². The van der Waals surface area contributed by atoms with Crippen molar-refractivity contribution in [2.24, 2.45) is 22.7 Å². The fraction of sp³-hybridized carbons (Fsp3) is 0.810. The lowest BCUT2D eigenvalue weighted by molar-refractivity contribution is -0.118. The lowest BCUT2D eigenvalue weighted by Crippen LogP contribution is -2.60. The molecule has 7 atom stereocenters. The van der Waals surface area contributed by atoms with Crippen LogP contribution in [0.5, 0.6) is 0 Å². The van der Waals surface area contributed by atoms with Crippen molar-refractivity contribution in [2.75, 3.05) is 6.61 Å². The van der Waals surface area contributed by atoms with Crippen molar-refractivity contribution < 1.29 is 23.8 Å². The molecular formula is C21H26O5. The van der Waals surface area contributed by atoms with Crippen LogP contribution in [0.4, 0.5) is 4.79 Å². The fourth-order valence-corrected chi connectivity index (χ4v) is 7.89. The number of carbonyl (C=O) groups is 2. The highest BCUT2D eigenvalue weighted by molar-refractivity contribution is 5.91. The highest BCUT2D eigenvalue weighted by atomic mass is 16.8. The molecule has 6 aliphatic rings. The molecule has 140 valence electrons. The Labute approximate surface area is 153 Å². The summed E-state index contributed by atoms with van der Waals surface area (Å²) in [6, 6.07) is 0. The van der Waals surface area contributed by atoms with E-state index >= 15 is 0 Å². The van der Waals surface area contributed by atoms with Gasteiger partial charge in [-0.1, -0.05) is 19.4 Å². The van der Waals surface area contributed by atoms with Crippen LogP contribution in [0.3, 0.4) is 0 Å². The van der Waals surface area contributed by atoms with E-state index in [1.165, 1.54) is 5.57 Å². The Morgan fingerprint density at radius 1 is 1.08 bits per heavy atom. The quantitative estimate of drug-likeness (QED) is 0.489. The van der Waals surface area contributed by atoms with E-state index in [2.05, 4.69) is 13.8 Å². The first-order chi connectivity index (χ1) is 12.3. The van der Waals surface area contributed by atoms with Crippen LogP contribution in [0, 0.1) is 22.7 Å². The van der Waals surface area contributed by atoms with Crippen molar-refractivity contribution >= 4 is 11.9 Å². The molecule has 0 N–H and O–H groups in total. The maximum absolute atomic E-state index is 12.0. The maximum Gasteiger partial charge on any atom is 0.509 e. The van der Waals surface area contributed by atoms with Gasteiger partial charge in [0.25, 0.3) is 0 Å². The Kier molecular flexibility index (Phi) is 2.64. The number of ether oxygens (including phenoxy) is 3. The Morgan fingerprint density at radius 2 is 1.92 bits per heavy atom. The van der Waals surface area contributed by atoms with E-state index in [1.807, 2.05) is 6.08 Å². The molecule has 2 spiro atoms. The third kappa shape index (κ3) is 1.48. The van der Waals surface area contributed by atoms with Gasteiger partial charge in [-0.25, -0.2) is 4.79 Å². The molecule has 0 aromatic heterocycles. The standard InChI is InChI=1S/C21H26O5/c1-18-7-5-13(22)9-12(18)3-4-15-14-6-8-20(11-24-17(23)26-20)19(14,2)10-16-21(15,18)25-16/h9,14-16H,3-8,10-11H2,1-2H3/t14?,15?,16-,18-,19-,20+,21-/m0/s1. The minimum Gasteiger partial charge on any atom is -0.430 e. The third-order valence-electron chi connectivity index (χ3n) is 9.33. The number of fused-ring (bicyclic) bond motifs is 4. The molecule has 0 radical (unpaired) electrons. The van der Waals surface area contributed by atoms with Gasteiger partial charge in [-0.05, 0) is 56.4 Å². The Hall–Kier alpha value is -1.36. The van der Waals surface area contributed by atoms with Gasteiger partial charge < -0.3 is 14.2 Å². The summed E-state index contributed by atoms with van der Waals surface area (Å²) in [4.78, 5) is 23.7. The van der Waals surface area contributed by atoms with E-state index in [4.69, 9.17) is 14.2 Å². The van der Waals surface area contributed by atoms with E-state index in [0.717, 1.165) is 38.5 Å². The molecule has 2 unspecified atom stereocenters. The van der Waals surface area contributed by atoms with Gasteiger partial charge in [-0.2, -0.15) is 0 Å². The van der Waals surface area contributed by atoms with Crippen LogP contribution in [-0.2, 0) is 19.0 Å². The van der Waals surface area contributed by atoms with Crippen molar-refractivity contribution in [3.05, 3.63) is 11.6 Å². The van der Waals surface area contributed by atoms with Crippen LogP contribution in [0.2, 0.25) is 0 Å². The van der Waals surface area contributed by atoms with Crippen LogP contribution in [-0.4, -0.2) is 35.9 Å². The average Bonchev–Trinajstić information content (AvgIpc) is 3.08. The highest BCUT2D eigenvalue weighted by Crippen LogP contribution is 2.76. The predicted octanol–water partition coefficient (Wildman–Crippen LogP) is 3.56. The number of hydrogen-bond acceptors (Lipinski definition) is 5. The summed E-state index contributed by atoms with van der Waals surface area (Å²) in [5.41, 5.74) is 0.674. The molecule has 0 amide bonds. The van der Waals surface area contributed by atoms with Crippen LogP contribution < -0.4 is 0 Å². The molecule has 26 heavy (non-hydrogen) atoms. The molecular weight excluding hydrogens is 332 g/mol. The first-order valence-corrected chi connectivity index (χ1v) is 10.1. The minimum absolute atomic E-state index is 0.00553. The molecule has 3 saturated carbocycles. The lowest BCUT2D eigenvalue weighted by atomic mass is 9.46. The topological polar surface area (TPSA) is 65.1 Å². The summed E-state index contributed by atoms with van der Waals surface area (Å²) in [5, 5.41) is 0. The molecule has 0 aromatic rings. The molecule has 5 heteroatoms. The van der Waals surface area contributed by atoms with Gasteiger partial charge >= 0.3 is 6.16 Å². The van der Waals surface area contributed by atoms with Gasteiger partial charge in [0, 0.05) is 17.3 Å². The van der Waals surface area contributed by atoms with E-state index in [1.54, 1.807) is 0 Å². The first-order valence-electron chi connectivity index (χ1n) is 10.1. The van der Waals surface area contributed by atoms with Crippen LogP contribution in [0.15, 0.2) is 11.6 Å². The lowest BCUT2D eigenvalue weighted by Gasteiger charge is -2.56. The molecule has 2 saturated heterocycles. The molecule has 6 rings (SSSR count). The van der Waals surface area contributed by atoms with Crippen molar-refractivity contribution in [3.63, 3.8) is 0 Å². The Bertz CT molecular complexity index is 772. The van der Waals surface area contributed by atoms with Gasteiger partial charge in [0.05, 0.1) is 6.10 Å². The van der Waals surface area contributed by atoms with Crippen LogP contribution >= 0.6 is 0 Å². The summed E-state index contributed by atoms with van der Waals surface area (Å²) in [7, 11) is 0. The predicted molar refractivity (Wildman–Crippen MR) is 91.4 cm³/mol. The number of ketones is 1. The van der Waals surface area contributed by atoms with Gasteiger partial charge in [-0.15, -0.1) is 0 Å². The van der Waals surface area contributed by atoms with Crippen molar-refractivity contribution in [2.45, 2.75) is 76.1 Å². The molecule has 4 aliphatic carbocycles. The molecule has 5 fully saturated rings. The first kappa shape index (κ1) is 15.7. The summed E-state index contributed by atoms with van der Waals surface area (Å²) >= 11 is 0. The van der Waals surface area contributed by atoms with Crippen molar-refractivity contribution in [3.8, 4) is 0 Å². The SMILES string of the molecule is C[C@]12CCC(=O)C=C1CCC1C3CC[C@@]4(COC(=O)O4)[C@@]3(C)C[C@@H]3O[C@@]132. The van der Waals surface area contributed by atoms with Crippen LogP contribution in [0.1, 0.15) is 58.8 Å². The monoisotopic (exact) mass is 358 g/mol. The zero-order valence-corrected chi connectivity index (χ0v) is 15.5. The van der Waals surface area contributed by atoms with E-state index < -0.39 is 11.8 Å². The summed E-state index contributed by atoms with van der Waals surface area (Å²) in [6.45, 7) is 5.03. The smallest absolute Gasteiger partial charge is 0.430 e. The number of cyclic esters (lactones) is 1. The van der Waals surface area contributed by atoms with E-state index in [9.17, 15) is 9.59 Å². The molecule has 2 heterocycles. The Balaban J connectivity index is 1.42. The molecule has 0 aromatic carbocycles. The summed E-state index contributed by atoms with van der Waals surface area (Å²) < 4.78 is 17.6. The van der Waals surface area contributed by atoms with Gasteiger partial charge in [-0.3, -0.25) is 4.79 Å². The minimum atomic E-state index is -0.507. The number of rotatable bonds is 0. The van der Waals surface area contributed by atoms with Crippen molar-refractivity contribution in [1.29, 1.82) is 0 Å². The number of carbonyl (C=O) groups excluding carboxylic acids is 2. The summed E-state index contributed by atoms with van der Waals surface area (Å²) in [6.07, 6.45) is 8.17. The molecule has 2 aliphatic heterocycles. The normalized spacial score (nSPS) is 56.7. The largest absolute Gasteiger partial charge is 0.509 e. The number of epoxide rings is 1. The highest BCUT2D eigenvalue weighted by Gasteiger charge is 2.81. The van der Waals surface area contributed by atoms with Crippen molar-refractivity contribution in [1.82, 2.24) is 0 Å².